The number of hydrogen-bond acceptors (Lipinski definition) is 7. The minimum Gasteiger partial charge on any atom is -0.497 e. The molecule has 1 unspecified atom stereocenters. The van der Waals surface area contributed by atoms with E-state index < -0.39 is 0 Å². The van der Waals surface area contributed by atoms with Crippen molar-refractivity contribution in [2.45, 2.75) is 12.5 Å². The van der Waals surface area contributed by atoms with Gasteiger partial charge in [0, 0.05) is 24.4 Å². The molecule has 1 amide bonds. The lowest BCUT2D eigenvalue weighted by molar-refractivity contribution is 0.0955. The number of hydrazone groups is 2. The average molecular weight is 506 g/mol. The summed E-state index contributed by atoms with van der Waals surface area (Å²) in [4.78, 5) is 16.1. The van der Waals surface area contributed by atoms with Gasteiger partial charge in [-0.05, 0) is 77.4 Å². The second kappa shape index (κ2) is 11.4. The number of nitrogens with one attached hydrogen (secondary N) is 1. The Morgan fingerprint density at radius 2 is 1.53 bits per heavy atom. The Kier molecular flexibility index (Phi) is 7.40. The SMILES string of the molecule is COc1ccc(C2=NN(c3ccc(/C=N/NC(=O)c4ccncc4)cc3)C(c3ccc(OC)cc3)C2)cc1. The summed E-state index contributed by atoms with van der Waals surface area (Å²) in [6.07, 6.45) is 5.50. The highest BCUT2D eigenvalue weighted by Gasteiger charge is 2.30. The summed E-state index contributed by atoms with van der Waals surface area (Å²) < 4.78 is 10.7. The lowest BCUT2D eigenvalue weighted by atomic mass is 9.98. The van der Waals surface area contributed by atoms with E-state index in [2.05, 4.69) is 27.6 Å². The zero-order chi connectivity index (χ0) is 26.3. The van der Waals surface area contributed by atoms with E-state index in [-0.39, 0.29) is 11.9 Å². The number of anilines is 1. The van der Waals surface area contributed by atoms with Crippen LogP contribution >= 0.6 is 0 Å². The van der Waals surface area contributed by atoms with Crippen LogP contribution < -0.4 is 19.9 Å². The second-order valence-electron chi connectivity index (χ2n) is 8.64. The molecule has 1 N–H and O–H groups in total. The Morgan fingerprint density at radius 3 is 2.16 bits per heavy atom. The number of benzene rings is 3. The van der Waals surface area contributed by atoms with E-state index >= 15 is 0 Å². The summed E-state index contributed by atoms with van der Waals surface area (Å²) in [5, 5.41) is 11.1. The molecule has 4 aromatic rings. The normalized spacial score (nSPS) is 14.8. The Balaban J connectivity index is 1.36. The first-order valence-corrected chi connectivity index (χ1v) is 12.1. The van der Waals surface area contributed by atoms with Gasteiger partial charge in [-0.1, -0.05) is 24.3 Å². The van der Waals surface area contributed by atoms with Crippen molar-refractivity contribution >= 4 is 23.5 Å². The first-order chi connectivity index (χ1) is 18.6. The molecule has 1 atom stereocenters. The van der Waals surface area contributed by atoms with Crippen LogP contribution in [0.15, 0.2) is 108 Å². The fraction of sp³-hybridized carbons (Fsp3) is 0.133. The minimum absolute atomic E-state index is 0.0252. The standard InChI is InChI=1S/C30H27N5O3/c1-37-26-11-5-22(6-12-26)28-19-29(23-7-13-27(38-2)14-8-23)35(34-28)25-9-3-21(4-10-25)20-32-33-30(36)24-15-17-31-18-16-24/h3-18,20,29H,19H2,1-2H3,(H,33,36)/b32-20+. The molecule has 0 saturated carbocycles. The third-order valence-corrected chi connectivity index (χ3v) is 6.31. The van der Waals surface area contributed by atoms with Gasteiger partial charge in [-0.25, -0.2) is 5.43 Å². The van der Waals surface area contributed by atoms with Crippen molar-refractivity contribution in [1.29, 1.82) is 0 Å². The fourth-order valence-electron chi connectivity index (χ4n) is 4.24. The third kappa shape index (κ3) is 5.54. The Bertz CT molecular complexity index is 1430. The van der Waals surface area contributed by atoms with Gasteiger partial charge in [0.15, 0.2) is 0 Å². The summed E-state index contributed by atoms with van der Waals surface area (Å²) in [5.74, 6) is 1.33. The lowest BCUT2D eigenvalue weighted by Gasteiger charge is -2.24. The molecule has 38 heavy (non-hydrogen) atoms. The lowest BCUT2D eigenvalue weighted by Crippen LogP contribution is -2.18. The summed E-state index contributed by atoms with van der Waals surface area (Å²) in [5.41, 5.74) is 8.03. The number of amides is 1. The highest BCUT2D eigenvalue weighted by molar-refractivity contribution is 6.03. The van der Waals surface area contributed by atoms with E-state index in [4.69, 9.17) is 14.6 Å². The number of ether oxygens (including phenoxy) is 2. The Morgan fingerprint density at radius 1 is 0.895 bits per heavy atom. The molecule has 0 radical (unpaired) electrons. The molecule has 2 heterocycles. The largest absolute Gasteiger partial charge is 0.497 e. The maximum atomic E-state index is 12.2. The van der Waals surface area contributed by atoms with Crippen LogP contribution in [-0.2, 0) is 0 Å². The number of methoxy groups -OCH3 is 2. The van der Waals surface area contributed by atoms with Gasteiger partial charge in [0.05, 0.1) is 37.9 Å². The van der Waals surface area contributed by atoms with E-state index in [1.165, 1.54) is 0 Å². The predicted molar refractivity (Wildman–Crippen MR) is 148 cm³/mol. The zero-order valence-corrected chi connectivity index (χ0v) is 21.1. The van der Waals surface area contributed by atoms with Gasteiger partial charge in [-0.15, -0.1) is 0 Å². The van der Waals surface area contributed by atoms with Crippen LogP contribution in [0.4, 0.5) is 5.69 Å². The van der Waals surface area contributed by atoms with Crippen LogP contribution in [0.2, 0.25) is 0 Å². The van der Waals surface area contributed by atoms with Gasteiger partial charge in [0.25, 0.3) is 5.91 Å². The van der Waals surface area contributed by atoms with Crippen molar-refractivity contribution in [3.8, 4) is 11.5 Å². The fourth-order valence-corrected chi connectivity index (χ4v) is 4.24. The molecule has 8 heteroatoms. The van der Waals surface area contributed by atoms with Crippen molar-refractivity contribution < 1.29 is 14.3 Å². The Hall–Kier alpha value is -4.98. The molecule has 8 nitrogen and oxygen atoms in total. The molecule has 1 aliphatic heterocycles. The van der Waals surface area contributed by atoms with Gasteiger partial charge in [-0.2, -0.15) is 10.2 Å². The van der Waals surface area contributed by atoms with Gasteiger partial charge in [0.1, 0.15) is 11.5 Å². The number of carbonyl (C=O) groups is 1. The molecule has 3 aromatic carbocycles. The number of nitrogens with zero attached hydrogens (tertiary/aromatic N) is 4. The first-order valence-electron chi connectivity index (χ1n) is 12.1. The summed E-state index contributed by atoms with van der Waals surface area (Å²) in [6, 6.07) is 27.3. The summed E-state index contributed by atoms with van der Waals surface area (Å²) in [7, 11) is 3.32. The predicted octanol–water partition coefficient (Wildman–Crippen LogP) is 5.22. The van der Waals surface area contributed by atoms with E-state index in [0.717, 1.165) is 46.0 Å². The number of pyridine rings is 1. The van der Waals surface area contributed by atoms with Crippen LogP contribution in [0.3, 0.4) is 0 Å². The highest BCUT2D eigenvalue weighted by atomic mass is 16.5. The molecule has 0 aliphatic carbocycles. The molecule has 1 aromatic heterocycles. The topological polar surface area (TPSA) is 88.4 Å². The Labute approximate surface area is 221 Å². The smallest absolute Gasteiger partial charge is 0.271 e. The zero-order valence-electron chi connectivity index (χ0n) is 21.1. The highest BCUT2D eigenvalue weighted by Crippen LogP contribution is 2.37. The molecule has 5 rings (SSSR count). The number of hydrogen-bond donors (Lipinski definition) is 1. The van der Waals surface area contributed by atoms with Crippen LogP contribution in [0.1, 0.15) is 39.5 Å². The molecule has 0 spiro atoms. The first kappa shape index (κ1) is 24.7. The molecule has 190 valence electrons. The maximum Gasteiger partial charge on any atom is 0.271 e. The van der Waals surface area contributed by atoms with Crippen LogP contribution in [0.5, 0.6) is 11.5 Å². The number of rotatable bonds is 8. The quantitative estimate of drug-likeness (QED) is 0.262. The summed E-state index contributed by atoms with van der Waals surface area (Å²) >= 11 is 0. The maximum absolute atomic E-state index is 12.2. The van der Waals surface area contributed by atoms with Crippen LogP contribution in [-0.4, -0.2) is 37.0 Å². The van der Waals surface area contributed by atoms with Crippen molar-refractivity contribution in [3.63, 3.8) is 0 Å². The van der Waals surface area contributed by atoms with E-state index in [1.54, 1.807) is 45.0 Å². The van der Waals surface area contributed by atoms with Crippen molar-refractivity contribution in [1.82, 2.24) is 10.4 Å². The molecular formula is C30H27N5O3. The van der Waals surface area contributed by atoms with E-state index in [1.807, 2.05) is 65.7 Å². The van der Waals surface area contributed by atoms with Crippen LogP contribution in [0.25, 0.3) is 0 Å². The van der Waals surface area contributed by atoms with Crippen molar-refractivity contribution in [2.75, 3.05) is 19.2 Å². The average Bonchev–Trinajstić information content (AvgIpc) is 3.43. The minimum atomic E-state index is -0.292. The molecule has 1 aliphatic rings. The van der Waals surface area contributed by atoms with Crippen LogP contribution in [0, 0.1) is 0 Å². The van der Waals surface area contributed by atoms with Gasteiger partial charge in [0.2, 0.25) is 0 Å². The van der Waals surface area contributed by atoms with Gasteiger partial charge in [-0.3, -0.25) is 14.8 Å². The molecule has 0 saturated heterocycles. The van der Waals surface area contributed by atoms with Gasteiger partial charge >= 0.3 is 0 Å². The number of aromatic nitrogens is 1. The third-order valence-electron chi connectivity index (χ3n) is 6.31. The second-order valence-corrected chi connectivity index (χ2v) is 8.64. The van der Waals surface area contributed by atoms with E-state index in [9.17, 15) is 4.79 Å². The molecular weight excluding hydrogens is 478 g/mol. The monoisotopic (exact) mass is 505 g/mol. The molecule has 0 bridgehead atoms. The molecule has 0 fully saturated rings. The van der Waals surface area contributed by atoms with Crippen molar-refractivity contribution in [3.05, 3.63) is 120 Å². The van der Waals surface area contributed by atoms with Gasteiger partial charge < -0.3 is 9.47 Å². The van der Waals surface area contributed by atoms with E-state index in [0.29, 0.717) is 5.56 Å². The number of carbonyl (C=O) groups excluding carboxylic acids is 1. The van der Waals surface area contributed by atoms with Crippen molar-refractivity contribution in [2.24, 2.45) is 10.2 Å². The summed E-state index contributed by atoms with van der Waals surface area (Å²) in [6.45, 7) is 0.